The normalized spacial score (nSPS) is 18.8. The Kier molecular flexibility index (Phi) is 8.27. The van der Waals surface area contributed by atoms with Gasteiger partial charge in [-0.25, -0.2) is 0 Å². The van der Waals surface area contributed by atoms with E-state index in [4.69, 9.17) is 8.85 Å². The molecule has 0 atom stereocenters. The highest BCUT2D eigenvalue weighted by atomic mass is 28.4. The molecule has 0 aromatic carbocycles. The molecule has 0 aliphatic heterocycles. The summed E-state index contributed by atoms with van der Waals surface area (Å²) in [5.74, 6) is 0.749. The van der Waals surface area contributed by atoms with Crippen molar-refractivity contribution in [1.29, 1.82) is 0 Å². The molecule has 0 saturated heterocycles. The zero-order chi connectivity index (χ0) is 14.1. The third-order valence-corrected chi connectivity index (χ3v) is 8.69. The van der Waals surface area contributed by atoms with Crippen LogP contribution in [0.15, 0.2) is 0 Å². The van der Waals surface area contributed by atoms with E-state index < -0.39 is 8.56 Å². The van der Waals surface area contributed by atoms with Crippen molar-refractivity contribution in [1.82, 2.24) is 0 Å². The fraction of sp³-hybridized carbons (Fsp3) is 1.00. The van der Waals surface area contributed by atoms with E-state index in [0.29, 0.717) is 0 Å². The lowest BCUT2D eigenvalue weighted by molar-refractivity contribution is 0.166. The Morgan fingerprint density at radius 3 is 1.89 bits per heavy atom. The van der Waals surface area contributed by atoms with E-state index in [-0.39, 0.29) is 0 Å². The second-order valence-electron chi connectivity index (χ2n) is 6.30. The molecule has 2 nitrogen and oxygen atoms in total. The molecule has 1 aliphatic carbocycles. The fourth-order valence-corrected chi connectivity index (χ4v) is 7.82. The summed E-state index contributed by atoms with van der Waals surface area (Å²) >= 11 is 0. The van der Waals surface area contributed by atoms with E-state index in [2.05, 4.69) is 27.7 Å². The smallest absolute Gasteiger partial charge is 0.341 e. The Hall–Kier alpha value is 0.137. The largest absolute Gasteiger partial charge is 0.394 e. The summed E-state index contributed by atoms with van der Waals surface area (Å²) < 4.78 is 12.7. The molecule has 0 aromatic rings. The van der Waals surface area contributed by atoms with E-state index in [1.807, 2.05) is 0 Å². The van der Waals surface area contributed by atoms with Gasteiger partial charge in [0.2, 0.25) is 0 Å². The maximum atomic E-state index is 6.33. The van der Waals surface area contributed by atoms with Crippen LogP contribution in [0.2, 0.25) is 11.6 Å². The van der Waals surface area contributed by atoms with Crippen molar-refractivity contribution in [3.8, 4) is 0 Å². The van der Waals surface area contributed by atoms with Crippen LogP contribution in [0.4, 0.5) is 0 Å². The van der Waals surface area contributed by atoms with Gasteiger partial charge in [0.1, 0.15) is 0 Å². The lowest BCUT2D eigenvalue weighted by atomic mass is 10.2. The summed E-state index contributed by atoms with van der Waals surface area (Å²) in [6.07, 6.45) is 9.49. The molecule has 0 spiro atoms. The summed E-state index contributed by atoms with van der Waals surface area (Å²) in [4.78, 5) is 0. The summed E-state index contributed by atoms with van der Waals surface area (Å²) in [5, 5.41) is 0. The lowest BCUT2D eigenvalue weighted by Gasteiger charge is -2.37. The van der Waals surface area contributed by atoms with E-state index >= 15 is 0 Å². The topological polar surface area (TPSA) is 18.5 Å². The Labute approximate surface area is 121 Å². The quantitative estimate of drug-likeness (QED) is 0.447. The summed E-state index contributed by atoms with van der Waals surface area (Å²) in [6, 6.07) is 1.19. The van der Waals surface area contributed by atoms with Gasteiger partial charge in [-0.2, -0.15) is 0 Å². The average Bonchev–Trinajstić information content (AvgIpc) is 2.65. The van der Waals surface area contributed by atoms with Crippen molar-refractivity contribution in [2.45, 2.75) is 84.2 Å². The SMILES string of the molecule is CCO[Si](CCC(C)C)(OCC)C1CCCCCC1. The maximum Gasteiger partial charge on any atom is 0.341 e. The van der Waals surface area contributed by atoms with Crippen LogP contribution >= 0.6 is 0 Å². The van der Waals surface area contributed by atoms with Gasteiger partial charge in [0.05, 0.1) is 0 Å². The molecule has 0 unspecified atom stereocenters. The predicted molar refractivity (Wildman–Crippen MR) is 84.7 cm³/mol. The molecule has 0 N–H and O–H groups in total. The fourth-order valence-electron chi connectivity index (χ4n) is 3.32. The highest BCUT2D eigenvalue weighted by Gasteiger charge is 2.44. The Morgan fingerprint density at radius 1 is 0.947 bits per heavy atom. The average molecular weight is 287 g/mol. The first-order valence-electron chi connectivity index (χ1n) is 8.42. The van der Waals surface area contributed by atoms with Crippen LogP contribution < -0.4 is 0 Å². The molecule has 114 valence electrons. The van der Waals surface area contributed by atoms with Crippen molar-refractivity contribution in [2.75, 3.05) is 13.2 Å². The van der Waals surface area contributed by atoms with Crippen molar-refractivity contribution in [3.05, 3.63) is 0 Å². The first-order chi connectivity index (χ1) is 9.14. The molecule has 0 bridgehead atoms. The summed E-state index contributed by atoms with van der Waals surface area (Å²) in [7, 11) is -1.99. The van der Waals surface area contributed by atoms with Gasteiger partial charge in [0.15, 0.2) is 0 Å². The van der Waals surface area contributed by atoms with Crippen molar-refractivity contribution in [2.24, 2.45) is 5.92 Å². The second-order valence-corrected chi connectivity index (χ2v) is 9.82. The van der Waals surface area contributed by atoms with Crippen LogP contribution in [0, 0.1) is 5.92 Å². The molecule has 1 fully saturated rings. The highest BCUT2D eigenvalue weighted by Crippen LogP contribution is 2.40. The Morgan fingerprint density at radius 2 is 1.47 bits per heavy atom. The monoisotopic (exact) mass is 286 g/mol. The minimum Gasteiger partial charge on any atom is -0.394 e. The second kappa shape index (κ2) is 9.14. The van der Waals surface area contributed by atoms with Crippen LogP contribution in [0.25, 0.3) is 0 Å². The van der Waals surface area contributed by atoms with Gasteiger partial charge < -0.3 is 8.85 Å². The third-order valence-electron chi connectivity index (χ3n) is 4.32. The molecular formula is C16H34O2Si. The van der Waals surface area contributed by atoms with E-state index in [0.717, 1.165) is 24.7 Å². The van der Waals surface area contributed by atoms with Gasteiger partial charge in [0, 0.05) is 18.8 Å². The van der Waals surface area contributed by atoms with Gasteiger partial charge in [-0.1, -0.05) is 39.5 Å². The maximum absolute atomic E-state index is 6.33. The van der Waals surface area contributed by atoms with E-state index in [1.54, 1.807) is 0 Å². The minimum absolute atomic E-state index is 0.730. The summed E-state index contributed by atoms with van der Waals surface area (Å²) in [6.45, 7) is 10.5. The van der Waals surface area contributed by atoms with Crippen molar-refractivity contribution >= 4 is 8.56 Å². The molecule has 0 radical (unpaired) electrons. The first kappa shape index (κ1) is 17.2. The first-order valence-corrected chi connectivity index (χ1v) is 10.5. The molecule has 1 rings (SSSR count). The van der Waals surface area contributed by atoms with Gasteiger partial charge in [-0.3, -0.25) is 0 Å². The zero-order valence-corrected chi connectivity index (χ0v) is 14.5. The van der Waals surface area contributed by atoms with Crippen LogP contribution in [-0.2, 0) is 8.85 Å². The van der Waals surface area contributed by atoms with Crippen LogP contribution in [0.3, 0.4) is 0 Å². The van der Waals surface area contributed by atoms with Crippen molar-refractivity contribution < 1.29 is 8.85 Å². The molecule has 0 amide bonds. The molecule has 0 heterocycles. The van der Waals surface area contributed by atoms with Gasteiger partial charge in [0.25, 0.3) is 0 Å². The highest BCUT2D eigenvalue weighted by molar-refractivity contribution is 6.69. The Balaban J connectivity index is 2.78. The minimum atomic E-state index is -1.99. The molecule has 0 aromatic heterocycles. The van der Waals surface area contributed by atoms with E-state index in [1.165, 1.54) is 51.0 Å². The van der Waals surface area contributed by atoms with Gasteiger partial charge in [-0.15, -0.1) is 0 Å². The lowest BCUT2D eigenvalue weighted by Crippen LogP contribution is -2.47. The third kappa shape index (κ3) is 5.56. The number of hydrogen-bond acceptors (Lipinski definition) is 2. The Bertz CT molecular complexity index is 217. The van der Waals surface area contributed by atoms with Crippen molar-refractivity contribution in [3.63, 3.8) is 0 Å². The van der Waals surface area contributed by atoms with Gasteiger partial charge >= 0.3 is 8.56 Å². The van der Waals surface area contributed by atoms with Gasteiger partial charge in [-0.05, 0) is 45.1 Å². The molecule has 19 heavy (non-hydrogen) atoms. The molecule has 3 heteroatoms. The number of hydrogen-bond donors (Lipinski definition) is 0. The van der Waals surface area contributed by atoms with Crippen LogP contribution in [-0.4, -0.2) is 21.8 Å². The van der Waals surface area contributed by atoms with Crippen LogP contribution in [0.5, 0.6) is 0 Å². The molecule has 1 saturated carbocycles. The standard InChI is InChI=1S/C16H34O2Si/c1-5-17-19(18-6-2,14-13-15(3)4)16-11-9-7-8-10-12-16/h15-16H,5-14H2,1-4H3. The molecular weight excluding hydrogens is 252 g/mol. The predicted octanol–water partition coefficient (Wildman–Crippen LogP) is 5.27. The number of rotatable bonds is 8. The molecule has 1 aliphatic rings. The van der Waals surface area contributed by atoms with Crippen LogP contribution in [0.1, 0.15) is 72.6 Å². The zero-order valence-electron chi connectivity index (χ0n) is 13.5. The summed E-state index contributed by atoms with van der Waals surface area (Å²) in [5.41, 5.74) is 0.730. The van der Waals surface area contributed by atoms with E-state index in [9.17, 15) is 0 Å².